The predicted octanol–water partition coefficient (Wildman–Crippen LogP) is 4.56. The Labute approximate surface area is 206 Å². The molecule has 0 aliphatic carbocycles. The quantitative estimate of drug-likeness (QED) is 0.200. The van der Waals surface area contributed by atoms with E-state index in [0.29, 0.717) is 23.5 Å². The van der Waals surface area contributed by atoms with E-state index in [1.807, 2.05) is 6.92 Å². The molecule has 2 aromatic carbocycles. The maximum atomic E-state index is 12.7. The van der Waals surface area contributed by atoms with Crippen molar-refractivity contribution in [2.24, 2.45) is 0 Å². The number of carbonyl (C=O) groups excluding carboxylic acids is 3. The lowest BCUT2D eigenvalue weighted by molar-refractivity contribution is -0.384. The van der Waals surface area contributed by atoms with Crippen molar-refractivity contribution in [1.29, 1.82) is 0 Å². The van der Waals surface area contributed by atoms with E-state index in [4.69, 9.17) is 14.2 Å². The molecule has 2 amide bonds. The molecule has 0 unspecified atom stereocenters. The van der Waals surface area contributed by atoms with Crippen molar-refractivity contribution in [3.63, 3.8) is 0 Å². The molecule has 0 bridgehead atoms. The molecule has 1 saturated heterocycles. The lowest BCUT2D eigenvalue weighted by Crippen LogP contribution is -2.35. The molecule has 2 aromatic rings. The summed E-state index contributed by atoms with van der Waals surface area (Å²) in [5.41, 5.74) is 1.33. The van der Waals surface area contributed by atoms with Gasteiger partial charge in [0.15, 0.2) is 11.5 Å². The Morgan fingerprint density at radius 2 is 1.89 bits per heavy atom. The lowest BCUT2D eigenvalue weighted by Gasteiger charge is -2.14. The van der Waals surface area contributed by atoms with E-state index in [1.54, 1.807) is 37.3 Å². The van der Waals surface area contributed by atoms with Gasteiger partial charge in [-0.05, 0) is 66.6 Å². The third kappa shape index (κ3) is 6.60. The summed E-state index contributed by atoms with van der Waals surface area (Å²) in [4.78, 5) is 48.3. The first-order valence-corrected chi connectivity index (χ1v) is 11.5. The third-order valence-corrected chi connectivity index (χ3v) is 6.00. The number of ether oxygens (including phenoxy) is 3. The average Bonchev–Trinajstić information content (AvgIpc) is 3.10. The fourth-order valence-corrected chi connectivity index (χ4v) is 3.87. The lowest BCUT2D eigenvalue weighted by atomic mass is 10.1. The number of thioether (sulfide) groups is 1. The Morgan fingerprint density at radius 1 is 1.17 bits per heavy atom. The fourth-order valence-electron chi connectivity index (χ4n) is 3.03. The Balaban J connectivity index is 1.68. The molecule has 0 N–H and O–H groups in total. The molecule has 0 aromatic heterocycles. The second-order valence-electron chi connectivity index (χ2n) is 7.60. The second kappa shape index (κ2) is 11.5. The van der Waals surface area contributed by atoms with Gasteiger partial charge in [0.05, 0.1) is 23.0 Å². The van der Waals surface area contributed by atoms with Crippen molar-refractivity contribution in [2.45, 2.75) is 33.0 Å². The standard InChI is InChI=1S/C24H24N2O8S/c1-4-15(2)34-22(27)13-25-23(28)21(35-24(25)29)12-17-7-10-19(20(11-17)32-3)33-14-16-5-8-18(9-6-16)26(30)31/h5-12,15H,4,13-14H2,1-3H3/b21-12+/t15-/m0/s1. The monoisotopic (exact) mass is 500 g/mol. The molecule has 1 heterocycles. The van der Waals surface area contributed by atoms with Crippen molar-refractivity contribution < 1.29 is 33.5 Å². The number of benzene rings is 2. The number of hydrogen-bond acceptors (Lipinski definition) is 9. The van der Waals surface area contributed by atoms with Crippen LogP contribution in [0.15, 0.2) is 47.4 Å². The predicted molar refractivity (Wildman–Crippen MR) is 129 cm³/mol. The van der Waals surface area contributed by atoms with Crippen LogP contribution in [0, 0.1) is 10.1 Å². The number of non-ortho nitro benzene ring substituents is 1. The molecule has 0 spiro atoms. The van der Waals surface area contributed by atoms with E-state index < -0.39 is 28.6 Å². The van der Waals surface area contributed by atoms with Crippen LogP contribution in [0.1, 0.15) is 31.4 Å². The van der Waals surface area contributed by atoms with Gasteiger partial charge in [0.25, 0.3) is 16.8 Å². The highest BCUT2D eigenvalue weighted by atomic mass is 32.2. The molecule has 1 aliphatic rings. The number of amides is 2. The smallest absolute Gasteiger partial charge is 0.326 e. The van der Waals surface area contributed by atoms with Crippen molar-refractivity contribution in [2.75, 3.05) is 13.7 Å². The summed E-state index contributed by atoms with van der Waals surface area (Å²) < 4.78 is 16.3. The maximum Gasteiger partial charge on any atom is 0.326 e. The number of methoxy groups -OCH3 is 1. The molecule has 1 atom stereocenters. The normalized spacial score (nSPS) is 15.3. The number of rotatable bonds is 10. The van der Waals surface area contributed by atoms with Crippen LogP contribution in [-0.2, 0) is 20.9 Å². The van der Waals surface area contributed by atoms with E-state index in [0.717, 1.165) is 22.2 Å². The van der Waals surface area contributed by atoms with Gasteiger partial charge >= 0.3 is 5.97 Å². The third-order valence-electron chi connectivity index (χ3n) is 5.10. The molecule has 0 saturated carbocycles. The zero-order chi connectivity index (χ0) is 25.5. The van der Waals surface area contributed by atoms with Crippen LogP contribution in [0.3, 0.4) is 0 Å². The number of nitro benzene ring substituents is 1. The summed E-state index contributed by atoms with van der Waals surface area (Å²) in [6, 6.07) is 11.0. The number of carbonyl (C=O) groups is 3. The van der Waals surface area contributed by atoms with Crippen molar-refractivity contribution in [3.8, 4) is 11.5 Å². The minimum absolute atomic E-state index is 0.00694. The van der Waals surface area contributed by atoms with Crippen molar-refractivity contribution in [3.05, 3.63) is 68.6 Å². The summed E-state index contributed by atoms with van der Waals surface area (Å²) in [6.45, 7) is 3.32. The summed E-state index contributed by atoms with van der Waals surface area (Å²) in [6.07, 6.45) is 1.86. The minimum Gasteiger partial charge on any atom is -0.493 e. The SMILES string of the molecule is CC[C@H](C)OC(=O)CN1C(=O)S/C(=C/c2ccc(OCc3ccc([N+](=O)[O-])cc3)c(OC)c2)C1=O. The number of esters is 1. The van der Waals surface area contributed by atoms with Crippen LogP contribution in [0.5, 0.6) is 11.5 Å². The molecule has 11 heteroatoms. The maximum absolute atomic E-state index is 12.7. The Kier molecular flexibility index (Phi) is 8.48. The van der Waals surface area contributed by atoms with E-state index in [-0.39, 0.29) is 23.3 Å². The minimum atomic E-state index is -0.640. The van der Waals surface area contributed by atoms with Gasteiger partial charge < -0.3 is 14.2 Å². The van der Waals surface area contributed by atoms with Crippen LogP contribution in [0.25, 0.3) is 6.08 Å². The molecule has 3 rings (SSSR count). The summed E-state index contributed by atoms with van der Waals surface area (Å²) in [5, 5.41) is 10.2. The summed E-state index contributed by atoms with van der Waals surface area (Å²) in [5.74, 6) is -0.376. The van der Waals surface area contributed by atoms with Gasteiger partial charge in [0, 0.05) is 12.1 Å². The molecule has 35 heavy (non-hydrogen) atoms. The number of nitro groups is 1. The number of hydrogen-bond donors (Lipinski definition) is 0. The molecule has 1 fully saturated rings. The van der Waals surface area contributed by atoms with E-state index >= 15 is 0 Å². The molecule has 184 valence electrons. The van der Waals surface area contributed by atoms with E-state index in [1.165, 1.54) is 25.3 Å². The first kappa shape index (κ1) is 25.8. The van der Waals surface area contributed by atoms with E-state index in [9.17, 15) is 24.5 Å². The number of nitrogens with zero attached hydrogens (tertiary/aromatic N) is 2. The van der Waals surface area contributed by atoms with Crippen LogP contribution < -0.4 is 9.47 Å². The highest BCUT2D eigenvalue weighted by Gasteiger charge is 2.36. The zero-order valence-corrected chi connectivity index (χ0v) is 20.2. The van der Waals surface area contributed by atoms with Gasteiger partial charge in [0.2, 0.25) is 0 Å². The summed E-state index contributed by atoms with van der Waals surface area (Å²) in [7, 11) is 1.47. The van der Waals surface area contributed by atoms with Crippen LogP contribution in [0.2, 0.25) is 0 Å². The topological polar surface area (TPSA) is 125 Å². The highest BCUT2D eigenvalue weighted by molar-refractivity contribution is 8.18. The zero-order valence-electron chi connectivity index (χ0n) is 19.4. The van der Waals surface area contributed by atoms with Gasteiger partial charge in [-0.2, -0.15) is 0 Å². The van der Waals surface area contributed by atoms with Gasteiger partial charge in [-0.1, -0.05) is 13.0 Å². The van der Waals surface area contributed by atoms with Crippen LogP contribution in [0.4, 0.5) is 10.5 Å². The Bertz CT molecular complexity index is 1160. The summed E-state index contributed by atoms with van der Waals surface area (Å²) >= 11 is 0.742. The molecular formula is C24H24N2O8S. The Morgan fingerprint density at radius 3 is 2.51 bits per heavy atom. The molecule has 10 nitrogen and oxygen atoms in total. The first-order chi connectivity index (χ1) is 16.7. The molecule has 0 radical (unpaired) electrons. The fraction of sp³-hybridized carbons (Fsp3) is 0.292. The van der Waals surface area contributed by atoms with Crippen LogP contribution >= 0.6 is 11.8 Å². The van der Waals surface area contributed by atoms with Gasteiger partial charge in [-0.15, -0.1) is 0 Å². The largest absolute Gasteiger partial charge is 0.493 e. The van der Waals surface area contributed by atoms with E-state index in [2.05, 4.69) is 0 Å². The van der Waals surface area contributed by atoms with Crippen molar-refractivity contribution in [1.82, 2.24) is 4.90 Å². The van der Waals surface area contributed by atoms with Gasteiger partial charge in [0.1, 0.15) is 13.2 Å². The highest BCUT2D eigenvalue weighted by Crippen LogP contribution is 2.34. The molecular weight excluding hydrogens is 476 g/mol. The van der Waals surface area contributed by atoms with Crippen molar-refractivity contribution >= 4 is 40.6 Å². The second-order valence-corrected chi connectivity index (χ2v) is 8.59. The number of imide groups is 1. The average molecular weight is 501 g/mol. The van der Waals surface area contributed by atoms with Gasteiger partial charge in [-0.3, -0.25) is 29.4 Å². The first-order valence-electron chi connectivity index (χ1n) is 10.7. The van der Waals surface area contributed by atoms with Gasteiger partial charge in [-0.25, -0.2) is 0 Å². The van der Waals surface area contributed by atoms with Crippen LogP contribution in [-0.4, -0.2) is 46.7 Å². The Hall–Kier alpha value is -3.86. The molecule has 1 aliphatic heterocycles.